The molecule has 14 heavy (non-hydrogen) atoms. The van der Waals surface area contributed by atoms with Gasteiger partial charge in [0.1, 0.15) is 0 Å². The fourth-order valence-electron chi connectivity index (χ4n) is 0.987. The van der Waals surface area contributed by atoms with Gasteiger partial charge in [-0.3, -0.25) is 5.57 Å². The van der Waals surface area contributed by atoms with Gasteiger partial charge in [0.25, 0.3) is 0 Å². The van der Waals surface area contributed by atoms with Gasteiger partial charge in [0, 0.05) is 0 Å². The number of rotatable bonds is 2. The molecule has 0 heterocycles. The summed E-state index contributed by atoms with van der Waals surface area (Å²) in [6.45, 7) is 14.2. The van der Waals surface area contributed by atoms with Crippen molar-refractivity contribution >= 4 is 0 Å². The van der Waals surface area contributed by atoms with Crippen LogP contribution < -0.4 is 0 Å². The van der Waals surface area contributed by atoms with Crippen molar-refractivity contribution in [2.45, 2.75) is 27.7 Å². The van der Waals surface area contributed by atoms with Gasteiger partial charge < -0.3 is 6.58 Å². The maximum atomic E-state index is 5.68. The molecule has 0 fully saturated rings. The first-order valence-electron chi connectivity index (χ1n) is 4.84. The molecule has 0 aromatic heterocycles. The largest absolute Gasteiger partial charge is 2.00 e. The van der Waals surface area contributed by atoms with Crippen LogP contribution in [0.5, 0.6) is 0 Å². The van der Waals surface area contributed by atoms with E-state index in [9.17, 15) is 0 Å². The van der Waals surface area contributed by atoms with Gasteiger partial charge in [-0.15, -0.1) is 0 Å². The van der Waals surface area contributed by atoms with Crippen LogP contribution in [0.25, 0.3) is 0 Å². The summed E-state index contributed by atoms with van der Waals surface area (Å²) in [6, 6.07) is 10.0. The van der Waals surface area contributed by atoms with Crippen molar-refractivity contribution in [2.24, 2.45) is 11.8 Å². The first-order chi connectivity index (χ1) is 6.05. The Bertz CT molecular complexity index is 180. The van der Waals surface area contributed by atoms with Crippen LogP contribution >= 0.6 is 0 Å². The van der Waals surface area contributed by atoms with Crippen LogP contribution in [0.3, 0.4) is 0 Å². The minimum absolute atomic E-state index is 0. The predicted molar refractivity (Wildman–Crippen MR) is 59.5 cm³/mol. The van der Waals surface area contributed by atoms with Gasteiger partial charge >= 0.3 is 16.5 Å². The summed E-state index contributed by atoms with van der Waals surface area (Å²) in [7, 11) is 0. The van der Waals surface area contributed by atoms with Crippen molar-refractivity contribution < 1.29 is 16.5 Å². The molecule has 0 N–H and O–H groups in total. The van der Waals surface area contributed by atoms with Crippen LogP contribution in [-0.4, -0.2) is 0 Å². The quantitative estimate of drug-likeness (QED) is 0.535. The molecule has 82 valence electrons. The van der Waals surface area contributed by atoms with E-state index < -0.39 is 0 Å². The third-order valence-electron chi connectivity index (χ3n) is 1.89. The van der Waals surface area contributed by atoms with Gasteiger partial charge in [-0.2, -0.15) is 18.2 Å². The van der Waals surface area contributed by atoms with Crippen molar-refractivity contribution in [3.63, 3.8) is 0 Å². The molecule has 0 spiro atoms. The van der Waals surface area contributed by atoms with Gasteiger partial charge in [-0.25, -0.2) is 12.1 Å². The maximum absolute atomic E-state index is 5.68. The molecular weight excluding hydrogens is 215 g/mol. The van der Waals surface area contributed by atoms with E-state index in [2.05, 4.69) is 27.7 Å². The molecule has 1 aromatic rings. The minimum Gasteiger partial charge on any atom is -0.514 e. The minimum atomic E-state index is 0. The Morgan fingerprint density at radius 2 is 1.36 bits per heavy atom. The second-order valence-corrected chi connectivity index (χ2v) is 3.77. The van der Waals surface area contributed by atoms with E-state index in [4.69, 9.17) is 6.58 Å². The summed E-state index contributed by atoms with van der Waals surface area (Å²) in [6.07, 6.45) is 0. The van der Waals surface area contributed by atoms with Gasteiger partial charge in [0.05, 0.1) is 0 Å². The Labute approximate surface area is 98.7 Å². The van der Waals surface area contributed by atoms with Crippen LogP contribution in [-0.2, 0) is 16.5 Å². The first-order valence-corrected chi connectivity index (χ1v) is 4.84. The van der Waals surface area contributed by atoms with E-state index in [0.29, 0.717) is 11.8 Å². The molecule has 0 saturated carbocycles. The zero-order chi connectivity index (χ0) is 10.3. The molecule has 0 nitrogen and oxygen atoms in total. The van der Waals surface area contributed by atoms with Gasteiger partial charge in [0.2, 0.25) is 0 Å². The smallest absolute Gasteiger partial charge is 0.514 e. The molecule has 0 atom stereocenters. The normalized spacial score (nSPS) is 9.00. The topological polar surface area (TPSA) is 0 Å². The van der Waals surface area contributed by atoms with E-state index in [1.807, 2.05) is 30.3 Å². The van der Waals surface area contributed by atoms with Crippen molar-refractivity contribution in [3.8, 4) is 0 Å². The molecule has 0 aliphatic rings. The van der Waals surface area contributed by atoms with Crippen molar-refractivity contribution in [1.29, 1.82) is 0 Å². The van der Waals surface area contributed by atoms with E-state index >= 15 is 0 Å². The Morgan fingerprint density at radius 1 is 1.00 bits per heavy atom. The van der Waals surface area contributed by atoms with Crippen LogP contribution in [0.2, 0.25) is 0 Å². The summed E-state index contributed by atoms with van der Waals surface area (Å²) in [5.41, 5.74) is 1.10. The molecule has 1 heteroatoms. The van der Waals surface area contributed by atoms with Crippen LogP contribution in [0.15, 0.2) is 35.9 Å². The zero-order valence-electron chi connectivity index (χ0n) is 9.44. The van der Waals surface area contributed by atoms with E-state index in [1.54, 1.807) is 0 Å². The molecule has 0 aliphatic heterocycles. The fraction of sp³-hybridized carbons (Fsp3) is 0.462. The molecule has 0 saturated heterocycles. The molecule has 0 amide bonds. The summed E-state index contributed by atoms with van der Waals surface area (Å²) in [4.78, 5) is 0. The molecule has 0 aliphatic carbocycles. The molecule has 0 bridgehead atoms. The van der Waals surface area contributed by atoms with E-state index in [0.717, 1.165) is 5.57 Å². The van der Waals surface area contributed by atoms with Crippen LogP contribution in [0.4, 0.5) is 0 Å². The summed E-state index contributed by atoms with van der Waals surface area (Å²) >= 11 is 0. The molecule has 0 radical (unpaired) electrons. The van der Waals surface area contributed by atoms with E-state index in [1.165, 1.54) is 0 Å². The van der Waals surface area contributed by atoms with Crippen molar-refractivity contribution in [1.82, 2.24) is 0 Å². The Morgan fingerprint density at radius 3 is 1.43 bits per heavy atom. The number of allylic oxidation sites excluding steroid dienone is 1. The van der Waals surface area contributed by atoms with E-state index in [-0.39, 0.29) is 16.5 Å². The molecular formula is C13H20Ni. The average molecular weight is 235 g/mol. The second-order valence-electron chi connectivity index (χ2n) is 3.77. The van der Waals surface area contributed by atoms with Crippen molar-refractivity contribution in [2.75, 3.05) is 0 Å². The Kier molecular flexibility index (Phi) is 10.5. The van der Waals surface area contributed by atoms with Gasteiger partial charge in [-0.1, -0.05) is 39.5 Å². The molecule has 1 rings (SSSR count). The maximum Gasteiger partial charge on any atom is 2.00 e. The Hall–Kier alpha value is -0.416. The second kappa shape index (κ2) is 9.15. The molecule has 0 unspecified atom stereocenters. The fourth-order valence-corrected chi connectivity index (χ4v) is 0.987. The average Bonchev–Trinajstić information content (AvgIpc) is 2.59. The third kappa shape index (κ3) is 8.19. The summed E-state index contributed by atoms with van der Waals surface area (Å²) in [5, 5.41) is 0. The predicted octanol–water partition coefficient (Wildman–Crippen LogP) is 4.06. The number of hydrogen-bond donors (Lipinski definition) is 0. The standard InChI is InChI=1S/C8H15.C5H5.Ni/c1-6(2)8(5)7(3)4;1-2-4-5-3-1;/h5-7H,1-4H3;1-5H;/q2*-1;+2. The van der Waals surface area contributed by atoms with Gasteiger partial charge in [0.15, 0.2) is 0 Å². The first kappa shape index (κ1) is 16.0. The molecule has 1 aromatic carbocycles. The van der Waals surface area contributed by atoms with Gasteiger partial charge in [-0.05, 0) is 0 Å². The summed E-state index contributed by atoms with van der Waals surface area (Å²) < 4.78 is 0. The monoisotopic (exact) mass is 234 g/mol. The zero-order valence-corrected chi connectivity index (χ0v) is 10.4. The Balaban J connectivity index is 0. The number of hydrogen-bond acceptors (Lipinski definition) is 0. The summed E-state index contributed by atoms with van der Waals surface area (Å²) in [5.74, 6) is 1.07. The van der Waals surface area contributed by atoms with Crippen LogP contribution in [0.1, 0.15) is 27.7 Å². The SMILES string of the molecule is [CH-]=C(C(C)C)C(C)C.[Ni+2].c1cc[cH-]c1. The van der Waals surface area contributed by atoms with Crippen molar-refractivity contribution in [3.05, 3.63) is 42.5 Å². The third-order valence-corrected chi connectivity index (χ3v) is 1.89. The van der Waals surface area contributed by atoms with Crippen LogP contribution in [0, 0.1) is 18.4 Å².